The van der Waals surface area contributed by atoms with Crippen molar-refractivity contribution < 1.29 is 14.3 Å². The molecular weight excluding hydrogens is 268 g/mol. The van der Waals surface area contributed by atoms with Gasteiger partial charge in [0.05, 0.1) is 19.8 Å². The maximum Gasteiger partial charge on any atom is 0.255 e. The van der Waals surface area contributed by atoms with Crippen molar-refractivity contribution >= 4 is 18.3 Å². The van der Waals surface area contributed by atoms with Crippen LogP contribution >= 0.6 is 12.4 Å². The SMILES string of the molecule is CNCCCNC(=O)c1ccc(OC)cc1OC.Cl. The van der Waals surface area contributed by atoms with Crippen LogP contribution in [-0.2, 0) is 0 Å². The molecule has 19 heavy (non-hydrogen) atoms. The van der Waals surface area contributed by atoms with Gasteiger partial charge in [0, 0.05) is 12.6 Å². The highest BCUT2D eigenvalue weighted by molar-refractivity contribution is 5.97. The van der Waals surface area contributed by atoms with E-state index in [1.54, 1.807) is 25.3 Å². The number of methoxy groups -OCH3 is 2. The molecule has 0 aliphatic carbocycles. The number of nitrogens with one attached hydrogen (secondary N) is 2. The van der Waals surface area contributed by atoms with Crippen LogP contribution in [0.1, 0.15) is 16.8 Å². The molecule has 0 fully saturated rings. The van der Waals surface area contributed by atoms with Gasteiger partial charge in [0.15, 0.2) is 0 Å². The van der Waals surface area contributed by atoms with Crippen molar-refractivity contribution in [3.8, 4) is 11.5 Å². The fourth-order valence-electron chi connectivity index (χ4n) is 1.55. The normalized spacial score (nSPS) is 9.42. The van der Waals surface area contributed by atoms with Gasteiger partial charge >= 0.3 is 0 Å². The summed E-state index contributed by atoms with van der Waals surface area (Å²) in [5.74, 6) is 1.05. The molecule has 0 unspecified atom stereocenters. The van der Waals surface area contributed by atoms with Gasteiger partial charge < -0.3 is 20.1 Å². The summed E-state index contributed by atoms with van der Waals surface area (Å²) in [6.07, 6.45) is 0.890. The van der Waals surface area contributed by atoms with E-state index in [1.165, 1.54) is 7.11 Å². The third-order valence-electron chi connectivity index (χ3n) is 2.54. The Labute approximate surface area is 120 Å². The maximum absolute atomic E-state index is 11.9. The molecule has 1 aromatic carbocycles. The summed E-state index contributed by atoms with van der Waals surface area (Å²) in [4.78, 5) is 11.9. The van der Waals surface area contributed by atoms with E-state index in [0.717, 1.165) is 13.0 Å². The molecule has 0 heterocycles. The second kappa shape index (κ2) is 9.47. The molecular formula is C13H21ClN2O3. The Balaban J connectivity index is 0.00000324. The highest BCUT2D eigenvalue weighted by Gasteiger charge is 2.12. The van der Waals surface area contributed by atoms with E-state index in [9.17, 15) is 4.79 Å². The fraction of sp³-hybridized carbons (Fsp3) is 0.462. The van der Waals surface area contributed by atoms with Gasteiger partial charge in [0.1, 0.15) is 11.5 Å². The number of amides is 1. The summed E-state index contributed by atoms with van der Waals surface area (Å²) in [6.45, 7) is 1.51. The van der Waals surface area contributed by atoms with E-state index in [0.29, 0.717) is 23.6 Å². The van der Waals surface area contributed by atoms with E-state index in [4.69, 9.17) is 9.47 Å². The first-order chi connectivity index (χ1) is 8.72. The Hall–Kier alpha value is -1.46. The number of benzene rings is 1. The molecule has 6 heteroatoms. The maximum atomic E-state index is 11.9. The predicted octanol–water partition coefficient (Wildman–Crippen LogP) is 1.46. The number of carbonyl (C=O) groups excluding carboxylic acids is 1. The summed E-state index contributed by atoms with van der Waals surface area (Å²) in [5.41, 5.74) is 0.516. The topological polar surface area (TPSA) is 59.6 Å². The molecule has 2 N–H and O–H groups in total. The van der Waals surface area contributed by atoms with Crippen LogP contribution in [0.15, 0.2) is 18.2 Å². The lowest BCUT2D eigenvalue weighted by Gasteiger charge is -2.10. The average molecular weight is 289 g/mol. The van der Waals surface area contributed by atoms with Gasteiger partial charge in [0.25, 0.3) is 5.91 Å². The minimum Gasteiger partial charge on any atom is -0.497 e. The van der Waals surface area contributed by atoms with Crippen LogP contribution in [0.25, 0.3) is 0 Å². The van der Waals surface area contributed by atoms with Gasteiger partial charge in [-0.25, -0.2) is 0 Å². The van der Waals surface area contributed by atoms with E-state index >= 15 is 0 Å². The third kappa shape index (κ3) is 5.36. The van der Waals surface area contributed by atoms with Gasteiger partial charge in [-0.1, -0.05) is 0 Å². The van der Waals surface area contributed by atoms with Gasteiger partial charge in [0.2, 0.25) is 0 Å². The molecule has 0 spiro atoms. The van der Waals surface area contributed by atoms with Gasteiger partial charge in [-0.05, 0) is 32.1 Å². The van der Waals surface area contributed by atoms with Crippen molar-refractivity contribution in [3.63, 3.8) is 0 Å². The molecule has 0 radical (unpaired) electrons. The van der Waals surface area contributed by atoms with Crippen LogP contribution in [0.3, 0.4) is 0 Å². The highest BCUT2D eigenvalue weighted by Crippen LogP contribution is 2.24. The Morgan fingerprint density at radius 1 is 1.21 bits per heavy atom. The molecule has 0 atom stereocenters. The molecule has 1 aromatic rings. The third-order valence-corrected chi connectivity index (χ3v) is 2.54. The zero-order chi connectivity index (χ0) is 13.4. The van der Waals surface area contributed by atoms with Crippen LogP contribution in [0.2, 0.25) is 0 Å². The molecule has 0 saturated heterocycles. The number of halogens is 1. The van der Waals surface area contributed by atoms with Gasteiger partial charge in [-0.15, -0.1) is 12.4 Å². The molecule has 1 rings (SSSR count). The van der Waals surface area contributed by atoms with Crippen molar-refractivity contribution in [2.75, 3.05) is 34.4 Å². The second-order valence-corrected chi connectivity index (χ2v) is 3.78. The molecule has 0 saturated carbocycles. The lowest BCUT2D eigenvalue weighted by Crippen LogP contribution is -2.26. The Bertz CT molecular complexity index is 399. The summed E-state index contributed by atoms with van der Waals surface area (Å²) in [7, 11) is 4.99. The fourth-order valence-corrected chi connectivity index (χ4v) is 1.55. The smallest absolute Gasteiger partial charge is 0.255 e. The van der Waals surface area contributed by atoms with Crippen LogP contribution in [0.4, 0.5) is 0 Å². The summed E-state index contributed by atoms with van der Waals surface area (Å²) in [6, 6.07) is 5.14. The van der Waals surface area contributed by atoms with Crippen molar-refractivity contribution in [2.45, 2.75) is 6.42 Å². The van der Waals surface area contributed by atoms with Crippen LogP contribution in [0, 0.1) is 0 Å². The van der Waals surface area contributed by atoms with Crippen molar-refractivity contribution in [1.29, 1.82) is 0 Å². The summed E-state index contributed by atoms with van der Waals surface area (Å²) in [5, 5.41) is 5.87. The molecule has 0 aliphatic heterocycles. The average Bonchev–Trinajstić information content (AvgIpc) is 2.42. The zero-order valence-corrected chi connectivity index (χ0v) is 12.3. The number of hydrogen-bond donors (Lipinski definition) is 2. The van der Waals surface area contributed by atoms with Crippen molar-refractivity contribution in [1.82, 2.24) is 10.6 Å². The van der Waals surface area contributed by atoms with Gasteiger partial charge in [-0.2, -0.15) is 0 Å². The monoisotopic (exact) mass is 288 g/mol. The van der Waals surface area contributed by atoms with Crippen LogP contribution < -0.4 is 20.1 Å². The van der Waals surface area contributed by atoms with Gasteiger partial charge in [-0.3, -0.25) is 4.79 Å². The van der Waals surface area contributed by atoms with E-state index < -0.39 is 0 Å². The number of rotatable bonds is 7. The molecule has 0 aliphatic rings. The largest absolute Gasteiger partial charge is 0.497 e. The van der Waals surface area contributed by atoms with Crippen molar-refractivity contribution in [2.24, 2.45) is 0 Å². The number of carbonyl (C=O) groups is 1. The van der Waals surface area contributed by atoms with E-state index in [-0.39, 0.29) is 18.3 Å². The first kappa shape index (κ1) is 17.5. The van der Waals surface area contributed by atoms with Crippen molar-refractivity contribution in [3.05, 3.63) is 23.8 Å². The quantitative estimate of drug-likeness (QED) is 0.746. The van der Waals surface area contributed by atoms with Crippen LogP contribution in [0.5, 0.6) is 11.5 Å². The molecule has 0 bridgehead atoms. The van der Waals surface area contributed by atoms with E-state index in [2.05, 4.69) is 10.6 Å². The standard InChI is InChI=1S/C13H20N2O3.ClH/c1-14-7-4-8-15-13(16)11-6-5-10(17-2)9-12(11)18-3;/h5-6,9,14H,4,7-8H2,1-3H3,(H,15,16);1H. The first-order valence-electron chi connectivity index (χ1n) is 5.87. The summed E-state index contributed by atoms with van der Waals surface area (Å²) < 4.78 is 10.3. The first-order valence-corrected chi connectivity index (χ1v) is 5.87. The zero-order valence-electron chi connectivity index (χ0n) is 11.5. The minimum absolute atomic E-state index is 0. The number of hydrogen-bond acceptors (Lipinski definition) is 4. The second-order valence-electron chi connectivity index (χ2n) is 3.78. The molecule has 0 aromatic heterocycles. The highest BCUT2D eigenvalue weighted by atomic mass is 35.5. The Morgan fingerprint density at radius 3 is 2.53 bits per heavy atom. The molecule has 108 valence electrons. The lowest BCUT2D eigenvalue weighted by atomic mass is 10.1. The van der Waals surface area contributed by atoms with Crippen LogP contribution in [-0.4, -0.2) is 40.3 Å². The van der Waals surface area contributed by atoms with E-state index in [1.807, 2.05) is 7.05 Å². The minimum atomic E-state index is -0.134. The summed E-state index contributed by atoms with van der Waals surface area (Å²) >= 11 is 0. The lowest BCUT2D eigenvalue weighted by molar-refractivity contribution is 0.0950. The molecule has 5 nitrogen and oxygen atoms in total. The number of ether oxygens (including phenoxy) is 2. The molecule has 1 amide bonds. The predicted molar refractivity (Wildman–Crippen MR) is 77.7 cm³/mol. The Morgan fingerprint density at radius 2 is 1.95 bits per heavy atom. The Kier molecular flexibility index (Phi) is 8.74.